The summed E-state index contributed by atoms with van der Waals surface area (Å²) >= 11 is 0. The van der Waals surface area contributed by atoms with Crippen LogP contribution in [0, 0.1) is 29.1 Å². The Bertz CT molecular complexity index is 1030. The minimum Gasteiger partial charge on any atom is -0.483 e. The molecular formula is C23H17F5O3. The summed E-state index contributed by atoms with van der Waals surface area (Å²) in [7, 11) is 0. The summed E-state index contributed by atoms with van der Waals surface area (Å²) < 4.78 is 84.6. The van der Waals surface area contributed by atoms with E-state index in [1.165, 1.54) is 0 Å². The number of benzene rings is 3. The van der Waals surface area contributed by atoms with Crippen LogP contribution in [-0.2, 0) is 16.1 Å². The van der Waals surface area contributed by atoms with Crippen molar-refractivity contribution in [2.45, 2.75) is 19.3 Å². The maximum atomic E-state index is 14.5. The van der Waals surface area contributed by atoms with Gasteiger partial charge in [-0.3, -0.25) is 0 Å². The van der Waals surface area contributed by atoms with E-state index in [1.807, 2.05) is 0 Å². The van der Waals surface area contributed by atoms with Gasteiger partial charge < -0.3 is 14.2 Å². The third-order valence-corrected chi connectivity index (χ3v) is 4.77. The standard InChI is InChI=1S/C23H17F5O3/c24-17-8-13(9-18(25)21(17)28)12-31-22-19(26)10-16(11-20(22)27)14-2-4-15(5-3-14)23-29-6-1-7-30-23/h2-5,8-11,23H,1,6-7,12H2. The Labute approximate surface area is 175 Å². The molecule has 3 nitrogen and oxygen atoms in total. The van der Waals surface area contributed by atoms with E-state index in [2.05, 4.69) is 0 Å². The first-order valence-corrected chi connectivity index (χ1v) is 9.51. The Hall–Kier alpha value is -2.97. The molecule has 1 heterocycles. The van der Waals surface area contributed by atoms with Crippen LogP contribution in [0.25, 0.3) is 11.1 Å². The second-order valence-corrected chi connectivity index (χ2v) is 6.98. The predicted octanol–water partition coefficient (Wildman–Crippen LogP) is 6.06. The molecule has 0 radical (unpaired) electrons. The fourth-order valence-corrected chi connectivity index (χ4v) is 3.22. The van der Waals surface area contributed by atoms with Gasteiger partial charge in [0.25, 0.3) is 0 Å². The Morgan fingerprint density at radius 3 is 1.90 bits per heavy atom. The van der Waals surface area contributed by atoms with Gasteiger partial charge in [0, 0.05) is 5.56 Å². The maximum absolute atomic E-state index is 14.5. The van der Waals surface area contributed by atoms with Crippen molar-refractivity contribution in [3.05, 3.63) is 88.7 Å². The van der Waals surface area contributed by atoms with Gasteiger partial charge in [-0.25, -0.2) is 22.0 Å². The van der Waals surface area contributed by atoms with Crippen LogP contribution in [-0.4, -0.2) is 13.2 Å². The SMILES string of the molecule is Fc1cc(COc2c(F)cc(-c3ccc(C4OCCCO4)cc3)cc2F)cc(F)c1F. The summed E-state index contributed by atoms with van der Waals surface area (Å²) in [4.78, 5) is 0. The molecule has 0 bridgehead atoms. The van der Waals surface area contributed by atoms with Crippen LogP contribution in [0.4, 0.5) is 22.0 Å². The van der Waals surface area contributed by atoms with Crippen molar-refractivity contribution in [3.63, 3.8) is 0 Å². The molecular weight excluding hydrogens is 419 g/mol. The second-order valence-electron chi connectivity index (χ2n) is 6.98. The molecule has 4 rings (SSSR count). The number of ether oxygens (including phenoxy) is 3. The maximum Gasteiger partial charge on any atom is 0.194 e. The topological polar surface area (TPSA) is 27.7 Å². The van der Waals surface area contributed by atoms with Crippen molar-refractivity contribution in [2.75, 3.05) is 13.2 Å². The zero-order valence-corrected chi connectivity index (χ0v) is 16.1. The lowest BCUT2D eigenvalue weighted by Gasteiger charge is -2.23. The van der Waals surface area contributed by atoms with Crippen LogP contribution in [0.1, 0.15) is 23.8 Å². The molecule has 0 aromatic heterocycles. The van der Waals surface area contributed by atoms with Crippen molar-refractivity contribution < 1.29 is 36.2 Å². The zero-order chi connectivity index (χ0) is 22.0. The summed E-state index contributed by atoms with van der Waals surface area (Å²) in [5.74, 6) is -7.13. The third-order valence-electron chi connectivity index (χ3n) is 4.77. The van der Waals surface area contributed by atoms with Gasteiger partial charge in [0.15, 0.2) is 41.1 Å². The van der Waals surface area contributed by atoms with Crippen LogP contribution in [0.5, 0.6) is 5.75 Å². The highest BCUT2D eigenvalue weighted by Gasteiger charge is 2.18. The molecule has 0 N–H and O–H groups in total. The molecule has 1 fully saturated rings. The third kappa shape index (κ3) is 4.70. The summed E-state index contributed by atoms with van der Waals surface area (Å²) in [6.45, 7) is 0.653. The quantitative estimate of drug-likeness (QED) is 0.359. The van der Waals surface area contributed by atoms with E-state index in [-0.39, 0.29) is 11.1 Å². The van der Waals surface area contributed by atoms with Gasteiger partial charge in [-0.15, -0.1) is 0 Å². The number of hydrogen-bond donors (Lipinski definition) is 0. The first-order valence-electron chi connectivity index (χ1n) is 9.51. The van der Waals surface area contributed by atoms with Crippen molar-refractivity contribution in [2.24, 2.45) is 0 Å². The summed E-state index contributed by atoms with van der Waals surface area (Å²) in [5.41, 5.74) is 1.52. The van der Waals surface area contributed by atoms with E-state index in [4.69, 9.17) is 14.2 Å². The normalized spacial score (nSPS) is 14.6. The summed E-state index contributed by atoms with van der Waals surface area (Å²) in [6, 6.07) is 10.5. The van der Waals surface area contributed by atoms with E-state index in [0.717, 1.165) is 24.1 Å². The van der Waals surface area contributed by atoms with Crippen molar-refractivity contribution in [1.82, 2.24) is 0 Å². The smallest absolute Gasteiger partial charge is 0.194 e. The van der Waals surface area contributed by atoms with Crippen LogP contribution in [0.3, 0.4) is 0 Å². The largest absolute Gasteiger partial charge is 0.483 e. The van der Waals surface area contributed by atoms with E-state index in [9.17, 15) is 22.0 Å². The molecule has 1 aliphatic rings. The molecule has 0 spiro atoms. The number of halogens is 5. The molecule has 0 amide bonds. The van der Waals surface area contributed by atoms with Crippen molar-refractivity contribution in [3.8, 4) is 16.9 Å². The number of hydrogen-bond acceptors (Lipinski definition) is 3. The van der Waals surface area contributed by atoms with Crippen molar-refractivity contribution >= 4 is 0 Å². The molecule has 0 atom stereocenters. The number of rotatable bonds is 5. The first kappa shape index (κ1) is 21.3. The van der Waals surface area contributed by atoms with Gasteiger partial charge in [-0.1, -0.05) is 24.3 Å². The highest BCUT2D eigenvalue weighted by molar-refractivity contribution is 5.65. The molecule has 1 aliphatic heterocycles. The average Bonchev–Trinajstić information content (AvgIpc) is 2.77. The molecule has 3 aromatic rings. The fraction of sp³-hybridized carbons (Fsp3) is 0.217. The monoisotopic (exact) mass is 436 g/mol. The minimum absolute atomic E-state index is 0.109. The van der Waals surface area contributed by atoms with E-state index >= 15 is 0 Å². The van der Waals surface area contributed by atoms with Gasteiger partial charge in [0.2, 0.25) is 0 Å². The van der Waals surface area contributed by atoms with Gasteiger partial charge in [0.1, 0.15) is 6.61 Å². The molecule has 0 unspecified atom stereocenters. The van der Waals surface area contributed by atoms with E-state index in [1.54, 1.807) is 24.3 Å². The van der Waals surface area contributed by atoms with E-state index in [0.29, 0.717) is 30.9 Å². The lowest BCUT2D eigenvalue weighted by molar-refractivity contribution is -0.183. The van der Waals surface area contributed by atoms with Crippen LogP contribution in [0.2, 0.25) is 0 Å². The zero-order valence-electron chi connectivity index (χ0n) is 16.1. The second kappa shape index (κ2) is 9.03. The van der Waals surface area contributed by atoms with Gasteiger partial charge >= 0.3 is 0 Å². The van der Waals surface area contributed by atoms with Gasteiger partial charge in [0.05, 0.1) is 13.2 Å². The Morgan fingerprint density at radius 2 is 1.32 bits per heavy atom. The lowest BCUT2D eigenvalue weighted by Crippen LogP contribution is -2.17. The van der Waals surface area contributed by atoms with Crippen LogP contribution >= 0.6 is 0 Å². The van der Waals surface area contributed by atoms with Crippen LogP contribution in [0.15, 0.2) is 48.5 Å². The molecule has 8 heteroatoms. The van der Waals surface area contributed by atoms with Crippen LogP contribution < -0.4 is 4.74 Å². The lowest BCUT2D eigenvalue weighted by atomic mass is 10.0. The molecule has 0 saturated carbocycles. The Kier molecular flexibility index (Phi) is 6.20. The summed E-state index contributed by atoms with van der Waals surface area (Å²) in [6.07, 6.45) is 0.361. The fourth-order valence-electron chi connectivity index (χ4n) is 3.22. The Balaban J connectivity index is 1.50. The molecule has 31 heavy (non-hydrogen) atoms. The predicted molar refractivity (Wildman–Crippen MR) is 102 cm³/mol. The van der Waals surface area contributed by atoms with Gasteiger partial charge in [-0.2, -0.15) is 0 Å². The average molecular weight is 436 g/mol. The Morgan fingerprint density at radius 1 is 0.742 bits per heavy atom. The van der Waals surface area contributed by atoms with E-state index < -0.39 is 47.7 Å². The molecule has 3 aromatic carbocycles. The first-order chi connectivity index (χ1) is 14.9. The van der Waals surface area contributed by atoms with Gasteiger partial charge in [-0.05, 0) is 47.4 Å². The minimum atomic E-state index is -1.63. The molecule has 1 saturated heterocycles. The van der Waals surface area contributed by atoms with Crippen molar-refractivity contribution in [1.29, 1.82) is 0 Å². The molecule has 162 valence electrons. The highest BCUT2D eigenvalue weighted by atomic mass is 19.2. The molecule has 0 aliphatic carbocycles. The summed E-state index contributed by atoms with van der Waals surface area (Å²) in [5, 5.41) is 0. The highest BCUT2D eigenvalue weighted by Crippen LogP contribution is 2.31.